The van der Waals surface area contributed by atoms with Gasteiger partial charge in [-0.2, -0.15) is 0 Å². The van der Waals surface area contributed by atoms with Crippen LogP contribution in [-0.2, 0) is 60.2 Å². The first-order valence-corrected chi connectivity index (χ1v) is 32.8. The standard InChI is InChI=1S/C46H92O22P4/c1-3-5-7-9-11-13-15-17-19-21-23-25-27-29-31-33-39(47)62-35-38(65-40(48)34-32-30-28-26-24-22-20-18-16-14-12-10-8-6-4-2)36-64-72(60,61)68-43-41(49)44(63-37-69(51,52)53)46(67-71(57,58)59)45(42(43)50)66-70(54,55)56/h38,41-46,49-50H,3-37H2,1-2H3,(H,60,61)(H2,51,52,53)(H2,54,55,56)(H2,57,58,59)/t38-,41+,42+,43+,44-,45+,46-/m1/s1. The third kappa shape index (κ3) is 37.1. The van der Waals surface area contributed by atoms with Crippen LogP contribution in [0.1, 0.15) is 219 Å². The van der Waals surface area contributed by atoms with Gasteiger partial charge in [-0.15, -0.1) is 0 Å². The Labute approximate surface area is 428 Å². The first-order chi connectivity index (χ1) is 34.0. The highest BCUT2D eigenvalue weighted by molar-refractivity contribution is 7.51. The molecule has 0 aromatic rings. The number of aliphatic hydroxyl groups excluding tert-OH is 2. The van der Waals surface area contributed by atoms with Gasteiger partial charge in [-0.25, -0.2) is 13.7 Å². The average Bonchev–Trinajstić information content (AvgIpc) is 3.28. The van der Waals surface area contributed by atoms with Gasteiger partial charge in [0.15, 0.2) is 6.10 Å². The molecule has 1 aliphatic rings. The van der Waals surface area contributed by atoms with E-state index in [4.69, 9.17) is 23.3 Å². The van der Waals surface area contributed by atoms with Crippen LogP contribution in [-0.4, -0.2) is 119 Å². The Morgan fingerprint density at radius 2 is 0.778 bits per heavy atom. The van der Waals surface area contributed by atoms with Crippen molar-refractivity contribution in [3.63, 3.8) is 0 Å². The van der Waals surface area contributed by atoms with Crippen molar-refractivity contribution in [3.05, 3.63) is 0 Å². The Morgan fingerprint density at radius 1 is 0.431 bits per heavy atom. The number of hydrogen-bond acceptors (Lipinski definition) is 15. The van der Waals surface area contributed by atoms with E-state index in [1.165, 1.54) is 122 Å². The van der Waals surface area contributed by atoms with Gasteiger partial charge >= 0.3 is 43.0 Å². The summed E-state index contributed by atoms with van der Waals surface area (Å²) in [5.41, 5.74) is 0. The van der Waals surface area contributed by atoms with Crippen LogP contribution in [0.3, 0.4) is 0 Å². The van der Waals surface area contributed by atoms with E-state index in [0.717, 1.165) is 57.8 Å². The maximum atomic E-state index is 13.3. The van der Waals surface area contributed by atoms with Crippen LogP contribution in [0.4, 0.5) is 0 Å². The van der Waals surface area contributed by atoms with Crippen LogP contribution in [0.25, 0.3) is 0 Å². The topological polar surface area (TPSA) is 349 Å². The molecule has 8 atom stereocenters. The van der Waals surface area contributed by atoms with E-state index in [1.807, 2.05) is 0 Å². The molecule has 1 fully saturated rings. The van der Waals surface area contributed by atoms with Crippen molar-refractivity contribution in [2.24, 2.45) is 0 Å². The van der Waals surface area contributed by atoms with Crippen LogP contribution < -0.4 is 0 Å². The summed E-state index contributed by atoms with van der Waals surface area (Å²) in [6, 6.07) is 0. The minimum absolute atomic E-state index is 0.0373. The van der Waals surface area contributed by atoms with E-state index in [2.05, 4.69) is 22.9 Å². The fourth-order valence-corrected chi connectivity index (χ4v) is 10.9. The summed E-state index contributed by atoms with van der Waals surface area (Å²) < 4.78 is 83.2. The predicted molar refractivity (Wildman–Crippen MR) is 268 cm³/mol. The number of phosphoric ester groups is 3. The molecule has 428 valence electrons. The molecule has 26 heteroatoms. The number of hydrogen-bond donors (Lipinski definition) is 9. The molecular formula is C46H92O22P4. The Bertz CT molecular complexity index is 1610. The number of carbonyl (C=O) groups excluding carboxylic acids is 2. The van der Waals surface area contributed by atoms with E-state index in [0.29, 0.717) is 12.8 Å². The number of rotatable bonds is 47. The zero-order chi connectivity index (χ0) is 53.9. The molecular weight excluding hydrogens is 1030 g/mol. The zero-order valence-electron chi connectivity index (χ0n) is 42.9. The number of aliphatic hydroxyl groups is 2. The summed E-state index contributed by atoms with van der Waals surface area (Å²) in [5.74, 6) is -1.36. The number of ether oxygens (including phenoxy) is 3. The summed E-state index contributed by atoms with van der Waals surface area (Å²) >= 11 is 0. The van der Waals surface area contributed by atoms with Gasteiger partial charge in [0, 0.05) is 12.8 Å². The van der Waals surface area contributed by atoms with Crippen LogP contribution >= 0.6 is 31.1 Å². The third-order valence-corrected chi connectivity index (χ3v) is 14.8. The molecule has 72 heavy (non-hydrogen) atoms. The van der Waals surface area contributed by atoms with Crippen LogP contribution in [0.5, 0.6) is 0 Å². The van der Waals surface area contributed by atoms with Gasteiger partial charge in [-0.3, -0.25) is 32.2 Å². The SMILES string of the molecule is CCCCCCCCCCCCCCCCCC(=O)OC[C@H](COP(=O)(O)O[C@H]1[C@H](O)[C@@H](OCP(=O)(O)O)[C@@H](OP(=O)(O)O)[C@@H](OP(=O)(O)O)[C@H]1O)OC(=O)CCCCCCCCCCCCCCCCC. The highest BCUT2D eigenvalue weighted by Crippen LogP contribution is 2.52. The summed E-state index contributed by atoms with van der Waals surface area (Å²) in [7, 11) is -22.2. The van der Waals surface area contributed by atoms with Crippen LogP contribution in [0, 0.1) is 0 Å². The van der Waals surface area contributed by atoms with Crippen molar-refractivity contribution < 1.29 is 105 Å². The lowest BCUT2D eigenvalue weighted by molar-refractivity contribution is -0.222. The summed E-state index contributed by atoms with van der Waals surface area (Å²) in [5, 5.41) is 22.1. The molecule has 9 N–H and O–H groups in total. The first kappa shape index (κ1) is 69.3. The van der Waals surface area contributed by atoms with Gasteiger partial charge in [-0.05, 0) is 12.8 Å². The molecule has 1 saturated carbocycles. The number of esters is 2. The largest absolute Gasteiger partial charge is 0.472 e. The molecule has 0 bridgehead atoms. The first-order valence-electron chi connectivity index (χ1n) is 26.5. The summed E-state index contributed by atoms with van der Waals surface area (Å²) in [6.45, 7) is 2.83. The highest BCUT2D eigenvalue weighted by Gasteiger charge is 2.58. The summed E-state index contributed by atoms with van der Waals surface area (Å²) in [4.78, 5) is 93.1. The van der Waals surface area contributed by atoms with Gasteiger partial charge in [0.2, 0.25) is 0 Å². The maximum Gasteiger partial charge on any atom is 0.472 e. The lowest BCUT2D eigenvalue weighted by Gasteiger charge is -2.46. The molecule has 1 aliphatic carbocycles. The number of phosphoric acid groups is 3. The smallest absolute Gasteiger partial charge is 0.462 e. The molecule has 0 spiro atoms. The fourth-order valence-electron chi connectivity index (χ4n) is 8.47. The maximum absolute atomic E-state index is 13.3. The lowest BCUT2D eigenvalue weighted by Crippen LogP contribution is -2.65. The molecule has 0 aliphatic heterocycles. The van der Waals surface area contributed by atoms with E-state index >= 15 is 0 Å². The second-order valence-electron chi connectivity index (χ2n) is 19.1. The van der Waals surface area contributed by atoms with E-state index < -0.39 is 105 Å². The molecule has 0 aromatic heterocycles. The van der Waals surface area contributed by atoms with Crippen molar-refractivity contribution >= 4 is 43.0 Å². The normalized spacial score (nSPS) is 21.1. The average molecular weight is 1120 g/mol. The van der Waals surface area contributed by atoms with E-state index in [9.17, 15) is 72.3 Å². The molecule has 0 aromatic carbocycles. The fraction of sp³-hybridized carbons (Fsp3) is 0.957. The highest BCUT2D eigenvalue weighted by atomic mass is 31.2. The van der Waals surface area contributed by atoms with Crippen molar-refractivity contribution in [1.29, 1.82) is 0 Å². The Hall–Kier alpha value is -0.700. The van der Waals surface area contributed by atoms with E-state index in [-0.39, 0.29) is 12.8 Å². The zero-order valence-corrected chi connectivity index (χ0v) is 46.5. The Kier molecular flexibility index (Phi) is 38.2. The van der Waals surface area contributed by atoms with Crippen LogP contribution in [0.15, 0.2) is 0 Å². The second kappa shape index (κ2) is 39.6. The molecule has 22 nitrogen and oxygen atoms in total. The second-order valence-corrected chi connectivity index (χ2v) is 24.4. The van der Waals surface area contributed by atoms with Gasteiger partial charge in [0.05, 0.1) is 6.61 Å². The monoisotopic (exact) mass is 1120 g/mol. The molecule has 0 amide bonds. The third-order valence-electron chi connectivity index (χ3n) is 12.3. The Balaban J connectivity index is 2.87. The van der Waals surface area contributed by atoms with Gasteiger partial charge in [0.25, 0.3) is 0 Å². The predicted octanol–water partition coefficient (Wildman–Crippen LogP) is 9.68. The number of unbranched alkanes of at least 4 members (excludes halogenated alkanes) is 28. The minimum Gasteiger partial charge on any atom is -0.462 e. The van der Waals surface area contributed by atoms with Gasteiger partial charge < -0.3 is 58.7 Å². The summed E-state index contributed by atoms with van der Waals surface area (Å²) in [6.07, 6.45) is 15.2. The molecule has 0 saturated heterocycles. The molecule has 1 unspecified atom stereocenters. The molecule has 1 rings (SSSR count). The van der Waals surface area contributed by atoms with Gasteiger partial charge in [-0.1, -0.05) is 194 Å². The minimum atomic E-state index is -5.75. The van der Waals surface area contributed by atoms with Crippen molar-refractivity contribution in [3.8, 4) is 0 Å². The van der Waals surface area contributed by atoms with Crippen molar-refractivity contribution in [2.45, 2.75) is 262 Å². The van der Waals surface area contributed by atoms with Crippen molar-refractivity contribution in [2.75, 3.05) is 19.6 Å². The van der Waals surface area contributed by atoms with E-state index in [1.54, 1.807) is 0 Å². The molecule has 0 heterocycles. The number of carbonyl (C=O) groups is 2. The lowest BCUT2D eigenvalue weighted by atomic mass is 9.85. The van der Waals surface area contributed by atoms with Gasteiger partial charge in [0.1, 0.15) is 49.6 Å². The quantitative estimate of drug-likeness (QED) is 0.0155. The Morgan fingerprint density at radius 3 is 1.15 bits per heavy atom. The van der Waals surface area contributed by atoms with Crippen LogP contribution in [0.2, 0.25) is 0 Å². The molecule has 0 radical (unpaired) electrons. The van der Waals surface area contributed by atoms with Crippen molar-refractivity contribution in [1.82, 2.24) is 0 Å².